The lowest BCUT2D eigenvalue weighted by Crippen LogP contribution is -2.38. The molecule has 0 amide bonds. The number of fused-ring (bicyclic) bond motifs is 1. The first kappa shape index (κ1) is 22.9. The molecule has 0 aliphatic heterocycles. The predicted molar refractivity (Wildman–Crippen MR) is 128 cm³/mol. The topological polar surface area (TPSA) is 68.0 Å². The molecule has 3 aromatic rings. The SMILES string of the molecule is Cc1cc2nc(CCCCC(=O)CC(C)(O)c3ccccc3)n(C3(C)CCC3)c2nc1Cl. The van der Waals surface area contributed by atoms with E-state index in [1.54, 1.807) is 6.92 Å². The van der Waals surface area contributed by atoms with Gasteiger partial charge in [-0.2, -0.15) is 0 Å². The molecule has 4 rings (SSSR count). The van der Waals surface area contributed by atoms with Gasteiger partial charge in [-0.25, -0.2) is 9.97 Å². The number of halogens is 1. The normalized spacial score (nSPS) is 17.2. The fourth-order valence-corrected chi connectivity index (χ4v) is 4.88. The van der Waals surface area contributed by atoms with E-state index < -0.39 is 5.60 Å². The van der Waals surface area contributed by atoms with Gasteiger partial charge in [0.05, 0.1) is 5.60 Å². The Labute approximate surface area is 194 Å². The lowest BCUT2D eigenvalue weighted by molar-refractivity contribution is -0.123. The van der Waals surface area contributed by atoms with Crippen LogP contribution in [0.2, 0.25) is 5.15 Å². The van der Waals surface area contributed by atoms with Gasteiger partial charge in [0.25, 0.3) is 0 Å². The molecule has 1 fully saturated rings. The minimum atomic E-state index is -1.13. The second kappa shape index (κ2) is 8.95. The molecule has 1 aromatic carbocycles. The minimum absolute atomic E-state index is 0.0415. The van der Waals surface area contributed by atoms with Crippen LogP contribution in [0.1, 0.15) is 75.7 Å². The highest BCUT2D eigenvalue weighted by molar-refractivity contribution is 6.30. The van der Waals surface area contributed by atoms with E-state index in [-0.39, 0.29) is 17.7 Å². The smallest absolute Gasteiger partial charge is 0.162 e. The van der Waals surface area contributed by atoms with Crippen molar-refractivity contribution in [3.8, 4) is 0 Å². The van der Waals surface area contributed by atoms with Gasteiger partial charge in [-0.15, -0.1) is 0 Å². The molecule has 1 aliphatic rings. The Balaban J connectivity index is 1.40. The molecule has 1 unspecified atom stereocenters. The summed E-state index contributed by atoms with van der Waals surface area (Å²) >= 11 is 6.33. The quantitative estimate of drug-likeness (QED) is 0.325. The maximum Gasteiger partial charge on any atom is 0.162 e. The fourth-order valence-electron chi connectivity index (χ4n) is 4.75. The Kier molecular flexibility index (Phi) is 6.42. The Morgan fingerprint density at radius 2 is 1.94 bits per heavy atom. The number of nitrogens with zero attached hydrogens (tertiary/aromatic N) is 3. The first-order valence-corrected chi connectivity index (χ1v) is 11.9. The third kappa shape index (κ3) is 4.60. The Bertz CT molecular complexity index is 1120. The summed E-state index contributed by atoms with van der Waals surface area (Å²) in [4.78, 5) is 22.1. The summed E-state index contributed by atoms with van der Waals surface area (Å²) in [5.74, 6) is 1.11. The number of aryl methyl sites for hydroxylation is 2. The van der Waals surface area contributed by atoms with Gasteiger partial charge in [0, 0.05) is 24.8 Å². The first-order chi connectivity index (χ1) is 15.2. The number of hydrogen-bond acceptors (Lipinski definition) is 4. The highest BCUT2D eigenvalue weighted by Crippen LogP contribution is 2.42. The summed E-state index contributed by atoms with van der Waals surface area (Å²) in [7, 11) is 0. The van der Waals surface area contributed by atoms with Crippen molar-refractivity contribution >= 4 is 28.5 Å². The molecule has 1 aliphatic carbocycles. The number of rotatable bonds is 9. The van der Waals surface area contributed by atoms with E-state index in [1.165, 1.54) is 6.42 Å². The predicted octanol–water partition coefficient (Wildman–Crippen LogP) is 5.87. The Morgan fingerprint density at radius 1 is 1.22 bits per heavy atom. The van der Waals surface area contributed by atoms with Gasteiger partial charge in [-0.05, 0) is 70.1 Å². The highest BCUT2D eigenvalue weighted by Gasteiger charge is 2.37. The van der Waals surface area contributed by atoms with Crippen LogP contribution in [0.4, 0.5) is 0 Å². The number of ketones is 1. The zero-order valence-electron chi connectivity index (χ0n) is 19.2. The lowest BCUT2D eigenvalue weighted by atomic mass is 9.78. The summed E-state index contributed by atoms with van der Waals surface area (Å²) in [6.07, 6.45) is 6.48. The fraction of sp³-hybridized carbons (Fsp3) is 0.500. The number of carbonyl (C=O) groups excluding carboxylic acids is 1. The van der Waals surface area contributed by atoms with Crippen LogP contribution < -0.4 is 0 Å². The molecule has 1 atom stereocenters. The maximum atomic E-state index is 12.5. The third-order valence-corrected chi connectivity index (χ3v) is 7.23. The van der Waals surface area contributed by atoms with Crippen molar-refractivity contribution in [3.05, 3.63) is 58.5 Å². The minimum Gasteiger partial charge on any atom is -0.385 e. The molecule has 32 heavy (non-hydrogen) atoms. The van der Waals surface area contributed by atoms with Crippen LogP contribution >= 0.6 is 11.6 Å². The average molecular weight is 454 g/mol. The van der Waals surface area contributed by atoms with Gasteiger partial charge in [0.1, 0.15) is 22.3 Å². The molecule has 1 N–H and O–H groups in total. The van der Waals surface area contributed by atoms with Crippen LogP contribution in [-0.2, 0) is 22.4 Å². The molecule has 0 radical (unpaired) electrons. The van der Waals surface area contributed by atoms with E-state index in [4.69, 9.17) is 16.6 Å². The number of aliphatic hydroxyl groups is 1. The molecule has 6 heteroatoms. The number of aromatic nitrogens is 3. The van der Waals surface area contributed by atoms with Gasteiger partial charge >= 0.3 is 0 Å². The van der Waals surface area contributed by atoms with E-state index in [9.17, 15) is 9.90 Å². The summed E-state index contributed by atoms with van der Waals surface area (Å²) in [6.45, 7) is 5.93. The Morgan fingerprint density at radius 3 is 2.59 bits per heavy atom. The van der Waals surface area contributed by atoms with E-state index in [1.807, 2.05) is 43.3 Å². The van der Waals surface area contributed by atoms with E-state index >= 15 is 0 Å². The van der Waals surface area contributed by atoms with Gasteiger partial charge in [0.2, 0.25) is 0 Å². The van der Waals surface area contributed by atoms with Gasteiger partial charge in [0.15, 0.2) is 5.65 Å². The first-order valence-electron chi connectivity index (χ1n) is 11.5. The summed E-state index contributed by atoms with van der Waals surface area (Å²) in [5.41, 5.74) is 2.38. The largest absolute Gasteiger partial charge is 0.385 e. The number of unbranched alkanes of at least 4 members (excludes halogenated alkanes) is 1. The van der Waals surface area contributed by atoms with Crippen molar-refractivity contribution in [2.24, 2.45) is 0 Å². The number of hydrogen-bond donors (Lipinski definition) is 1. The molecule has 0 spiro atoms. The van der Waals surface area contributed by atoms with Crippen LogP contribution in [0, 0.1) is 6.92 Å². The summed E-state index contributed by atoms with van der Waals surface area (Å²) in [5, 5.41) is 11.3. The van der Waals surface area contributed by atoms with Gasteiger partial charge in [-0.1, -0.05) is 41.9 Å². The molecule has 2 heterocycles. The van der Waals surface area contributed by atoms with Crippen LogP contribution in [-0.4, -0.2) is 25.4 Å². The van der Waals surface area contributed by atoms with E-state index in [0.717, 1.165) is 60.2 Å². The summed E-state index contributed by atoms with van der Waals surface area (Å²) in [6, 6.07) is 11.4. The monoisotopic (exact) mass is 453 g/mol. The second-order valence-electron chi connectivity index (χ2n) is 9.72. The molecule has 5 nitrogen and oxygen atoms in total. The number of Topliss-reactive ketones (excluding diaryl/α,β-unsaturated/α-hetero) is 1. The van der Waals surface area contributed by atoms with Crippen molar-refractivity contribution in [1.29, 1.82) is 0 Å². The van der Waals surface area contributed by atoms with E-state index in [0.29, 0.717) is 11.6 Å². The summed E-state index contributed by atoms with van der Waals surface area (Å²) < 4.78 is 2.29. The number of carbonyl (C=O) groups is 1. The average Bonchev–Trinajstić information content (AvgIpc) is 3.07. The standard InChI is InChI=1S/C26H32ClN3O2/c1-18-16-21-24(29-23(18)27)30(25(2)14-9-15-25)22(28-21)13-8-7-12-20(31)17-26(3,32)19-10-5-4-6-11-19/h4-6,10-11,16,32H,7-9,12-15,17H2,1-3H3. The van der Waals surface area contributed by atoms with Crippen LogP contribution in [0.25, 0.3) is 11.2 Å². The van der Waals surface area contributed by atoms with Crippen molar-refractivity contribution in [2.45, 2.75) is 83.3 Å². The number of pyridine rings is 1. The molecular weight excluding hydrogens is 422 g/mol. The lowest BCUT2D eigenvalue weighted by Gasteiger charge is -2.41. The number of benzene rings is 1. The molecule has 1 saturated carbocycles. The second-order valence-corrected chi connectivity index (χ2v) is 10.1. The maximum absolute atomic E-state index is 12.5. The van der Waals surface area contributed by atoms with Crippen molar-refractivity contribution in [2.75, 3.05) is 0 Å². The van der Waals surface area contributed by atoms with Gasteiger partial charge in [-0.3, -0.25) is 4.79 Å². The zero-order chi connectivity index (χ0) is 22.9. The molecule has 0 saturated heterocycles. The van der Waals surface area contributed by atoms with Crippen LogP contribution in [0.5, 0.6) is 0 Å². The Hall–Kier alpha value is -2.24. The van der Waals surface area contributed by atoms with Crippen LogP contribution in [0.3, 0.4) is 0 Å². The third-order valence-electron chi connectivity index (χ3n) is 6.84. The van der Waals surface area contributed by atoms with Crippen molar-refractivity contribution in [1.82, 2.24) is 14.5 Å². The molecular formula is C26H32ClN3O2. The zero-order valence-corrected chi connectivity index (χ0v) is 20.0. The van der Waals surface area contributed by atoms with Crippen molar-refractivity contribution < 1.29 is 9.90 Å². The molecule has 2 aromatic heterocycles. The van der Waals surface area contributed by atoms with E-state index in [2.05, 4.69) is 16.5 Å². The highest BCUT2D eigenvalue weighted by atomic mass is 35.5. The van der Waals surface area contributed by atoms with Crippen molar-refractivity contribution in [3.63, 3.8) is 0 Å². The van der Waals surface area contributed by atoms with Crippen LogP contribution in [0.15, 0.2) is 36.4 Å². The van der Waals surface area contributed by atoms with Gasteiger partial charge < -0.3 is 9.67 Å². The molecule has 0 bridgehead atoms. The number of imidazole rings is 1. The molecule has 170 valence electrons.